The van der Waals surface area contributed by atoms with Crippen LogP contribution in [0.25, 0.3) is 11.3 Å². The summed E-state index contributed by atoms with van der Waals surface area (Å²) in [4.78, 5) is 27.3. The van der Waals surface area contributed by atoms with Gasteiger partial charge in [-0.2, -0.15) is 0 Å². The summed E-state index contributed by atoms with van der Waals surface area (Å²) in [6.07, 6.45) is 22.7. The highest BCUT2D eigenvalue weighted by molar-refractivity contribution is 8.00. The number of aromatic nitrogens is 6. The van der Waals surface area contributed by atoms with Gasteiger partial charge >= 0.3 is 0 Å². The Morgan fingerprint density at radius 2 is 1.10 bits per heavy atom. The van der Waals surface area contributed by atoms with Gasteiger partial charge in [0.15, 0.2) is 11.3 Å². The number of hydrogen-bond acceptors (Lipinski definition) is 10. The first-order chi connectivity index (χ1) is 33.8. The van der Waals surface area contributed by atoms with E-state index >= 15 is 0 Å². The quantitative estimate of drug-likeness (QED) is 0.142. The minimum atomic E-state index is -1.04. The van der Waals surface area contributed by atoms with Crippen LogP contribution in [0.15, 0.2) is 93.2 Å². The molecule has 382 valence electrons. The van der Waals surface area contributed by atoms with E-state index in [1.807, 2.05) is 82.2 Å². The van der Waals surface area contributed by atoms with E-state index in [1.54, 1.807) is 12.1 Å². The first-order valence-corrected chi connectivity index (χ1v) is 29.9. The number of fused-ring (bicyclic) bond motifs is 2. The Bertz CT molecular complexity index is 2920. The van der Waals surface area contributed by atoms with Crippen molar-refractivity contribution in [2.75, 3.05) is 43.0 Å². The average Bonchev–Trinajstić information content (AvgIpc) is 4.18. The minimum absolute atomic E-state index is 0.213. The van der Waals surface area contributed by atoms with E-state index in [0.717, 1.165) is 107 Å². The van der Waals surface area contributed by atoms with Crippen LogP contribution in [0.4, 0.5) is 11.9 Å². The van der Waals surface area contributed by atoms with Crippen molar-refractivity contribution in [2.24, 2.45) is 10.8 Å². The molecule has 20 heteroatoms. The highest BCUT2D eigenvalue weighted by atomic mass is 35.5. The number of hydrogen-bond donors (Lipinski definition) is 1. The molecular formula is C51H64Cl4N10O2S4. The SMILES string of the molecule is CC(C)(C)[S@@](=O)N[C@@H]1CCCC12CCN(c1ncc(Sc3cccc(Cl)c3Cl)c3nccn13)CC2.CN([C@@H]1CCCC12CCN(c1ncc(Sc3cccc(Cl)c3Cl)c3nccn13)CC2)[S@](=O)C(C)(C)C. The van der Waals surface area contributed by atoms with Crippen molar-refractivity contribution >= 4 is 115 Å². The number of halogens is 4. The van der Waals surface area contributed by atoms with Gasteiger partial charge in [-0.05, 0) is 128 Å². The molecule has 2 aliphatic carbocycles. The summed E-state index contributed by atoms with van der Waals surface area (Å²) in [6, 6.07) is 12.0. The molecule has 12 nitrogen and oxygen atoms in total. The van der Waals surface area contributed by atoms with Crippen LogP contribution in [0.5, 0.6) is 0 Å². The van der Waals surface area contributed by atoms with Crippen LogP contribution < -0.4 is 14.5 Å². The van der Waals surface area contributed by atoms with Gasteiger partial charge in [-0.25, -0.2) is 37.4 Å². The van der Waals surface area contributed by atoms with Gasteiger partial charge in [-0.1, -0.05) is 94.9 Å². The molecule has 2 saturated heterocycles. The van der Waals surface area contributed by atoms with E-state index in [2.05, 4.69) is 65.4 Å². The maximum atomic E-state index is 13.2. The summed E-state index contributed by atoms with van der Waals surface area (Å²) in [7, 11) is 0.0106. The van der Waals surface area contributed by atoms with Crippen molar-refractivity contribution in [3.8, 4) is 0 Å². The van der Waals surface area contributed by atoms with E-state index in [-0.39, 0.29) is 20.3 Å². The third-order valence-electron chi connectivity index (χ3n) is 14.9. The second-order valence-corrected chi connectivity index (χ2v) is 29.4. The molecule has 1 N–H and O–H groups in total. The molecule has 2 aromatic carbocycles. The Hall–Kier alpha value is -2.64. The predicted molar refractivity (Wildman–Crippen MR) is 297 cm³/mol. The zero-order valence-electron chi connectivity index (χ0n) is 41.5. The lowest BCUT2D eigenvalue weighted by atomic mass is 9.74. The molecule has 4 atom stereocenters. The van der Waals surface area contributed by atoms with Crippen LogP contribution in [-0.2, 0) is 22.0 Å². The van der Waals surface area contributed by atoms with Crippen LogP contribution in [0.2, 0.25) is 20.1 Å². The summed E-state index contributed by atoms with van der Waals surface area (Å²) in [5.74, 6) is 1.83. The summed E-state index contributed by atoms with van der Waals surface area (Å²) >= 11 is 28.3. The van der Waals surface area contributed by atoms with E-state index in [4.69, 9.17) is 56.4 Å². The number of nitrogens with zero attached hydrogens (tertiary/aromatic N) is 9. The highest BCUT2D eigenvalue weighted by Crippen LogP contribution is 2.51. The van der Waals surface area contributed by atoms with Crippen molar-refractivity contribution in [3.63, 3.8) is 0 Å². The maximum absolute atomic E-state index is 13.2. The monoisotopic (exact) mass is 1120 g/mol. The van der Waals surface area contributed by atoms with Crippen LogP contribution >= 0.6 is 69.9 Å². The predicted octanol–water partition coefficient (Wildman–Crippen LogP) is 13.1. The highest BCUT2D eigenvalue weighted by Gasteiger charge is 2.49. The van der Waals surface area contributed by atoms with Crippen molar-refractivity contribution < 1.29 is 8.42 Å². The molecule has 2 spiro atoms. The van der Waals surface area contributed by atoms with Crippen LogP contribution in [-0.4, -0.2) is 96.3 Å². The van der Waals surface area contributed by atoms with E-state index in [9.17, 15) is 8.42 Å². The molecule has 4 aromatic heterocycles. The third-order valence-corrected chi connectivity index (χ3v) is 22.3. The molecule has 6 heterocycles. The normalized spacial score (nSPS) is 21.1. The molecule has 10 rings (SSSR count). The van der Waals surface area contributed by atoms with Gasteiger partial charge in [0, 0.05) is 92.3 Å². The largest absolute Gasteiger partial charge is 0.342 e. The zero-order valence-corrected chi connectivity index (χ0v) is 47.8. The molecular weight excluding hydrogens is 1050 g/mol. The van der Waals surface area contributed by atoms with Crippen molar-refractivity contribution in [3.05, 3.63) is 93.7 Å². The fourth-order valence-corrected chi connectivity index (χ4v) is 16.3. The Labute approximate surface area is 452 Å². The van der Waals surface area contributed by atoms with Crippen molar-refractivity contribution in [1.82, 2.24) is 37.8 Å². The summed E-state index contributed by atoms with van der Waals surface area (Å²) in [5, 5.41) is 2.16. The van der Waals surface area contributed by atoms with Gasteiger partial charge in [0.2, 0.25) is 11.9 Å². The minimum Gasteiger partial charge on any atom is -0.342 e. The number of anilines is 2. The van der Waals surface area contributed by atoms with Crippen LogP contribution in [0, 0.1) is 10.8 Å². The molecule has 0 amide bonds. The third kappa shape index (κ3) is 11.1. The molecule has 6 aromatic rings. The molecule has 0 radical (unpaired) electrons. The average molecular weight is 1120 g/mol. The molecule has 2 saturated carbocycles. The van der Waals surface area contributed by atoms with Gasteiger partial charge in [0.05, 0.1) is 61.3 Å². The molecule has 0 unspecified atom stereocenters. The fourth-order valence-electron chi connectivity index (χ4n) is 11.1. The smallest absolute Gasteiger partial charge is 0.211 e. The van der Waals surface area contributed by atoms with Crippen molar-refractivity contribution in [2.45, 2.75) is 147 Å². The second kappa shape index (κ2) is 21.5. The van der Waals surface area contributed by atoms with E-state index < -0.39 is 22.0 Å². The van der Waals surface area contributed by atoms with Gasteiger partial charge < -0.3 is 9.80 Å². The van der Waals surface area contributed by atoms with E-state index in [1.165, 1.54) is 49.2 Å². The van der Waals surface area contributed by atoms with Crippen LogP contribution in [0.3, 0.4) is 0 Å². The lowest BCUT2D eigenvalue weighted by Crippen LogP contribution is -2.52. The molecule has 0 bridgehead atoms. The first-order valence-electron chi connectivity index (χ1n) is 24.5. The van der Waals surface area contributed by atoms with Gasteiger partial charge in [0.25, 0.3) is 0 Å². The molecule has 2 aliphatic heterocycles. The Morgan fingerprint density at radius 3 is 1.58 bits per heavy atom. The maximum Gasteiger partial charge on any atom is 0.211 e. The van der Waals surface area contributed by atoms with Gasteiger partial charge in [0.1, 0.15) is 0 Å². The topological polar surface area (TPSA) is 116 Å². The van der Waals surface area contributed by atoms with Crippen LogP contribution in [0.1, 0.15) is 106 Å². The standard InChI is InChI=1S/C26H33Cl2N5OS2.C25H31Cl2N5OS2/c1-25(2,3)36(34)31(4)21-9-6-10-26(21)11-14-32(15-12-26)24-30-17-20(23-29-13-16-33(23)24)35-19-8-5-7-18(27)22(19)28;1-24(2,3)35(33)30-20-8-5-9-25(20)10-13-31(14-11-25)23-29-16-19(22-28-12-15-32(22)23)34-18-7-4-6-17(26)21(18)27/h5,7-8,13,16-17,21H,6,9-12,14-15H2,1-4H3;4,6-7,12,15-16,20,30H,5,8-11,13-14H2,1-3H3/t21-,36-;20-,35-/m11/s1. The fraction of sp³-hybridized carbons (Fsp3) is 0.529. The Morgan fingerprint density at radius 1 is 0.634 bits per heavy atom. The number of imidazole rings is 2. The second-order valence-electron chi connectivity index (χ2n) is 21.4. The van der Waals surface area contributed by atoms with Gasteiger partial charge in [-0.15, -0.1) is 0 Å². The summed E-state index contributed by atoms with van der Waals surface area (Å²) < 4.78 is 35.3. The summed E-state index contributed by atoms with van der Waals surface area (Å²) in [6.45, 7) is 16.0. The van der Waals surface area contributed by atoms with Gasteiger partial charge in [-0.3, -0.25) is 8.80 Å². The molecule has 71 heavy (non-hydrogen) atoms. The number of nitrogens with one attached hydrogen (secondary N) is 1. The first kappa shape index (κ1) is 53.2. The molecule has 4 fully saturated rings. The molecule has 4 aliphatic rings. The van der Waals surface area contributed by atoms with E-state index in [0.29, 0.717) is 32.2 Å². The Kier molecular flexibility index (Phi) is 16.1. The number of rotatable bonds is 10. The lowest BCUT2D eigenvalue weighted by Gasteiger charge is -2.46. The Balaban J connectivity index is 0.000000176. The van der Waals surface area contributed by atoms with Crippen molar-refractivity contribution in [1.29, 1.82) is 0 Å². The zero-order chi connectivity index (χ0) is 50.5. The lowest BCUT2D eigenvalue weighted by molar-refractivity contribution is 0.134. The number of piperidine rings is 2. The number of benzene rings is 2. The summed E-state index contributed by atoms with van der Waals surface area (Å²) in [5.41, 5.74) is 2.15.